The molecule has 0 saturated heterocycles. The normalized spacial score (nSPS) is 48.6. The monoisotopic (exact) mass is 192 g/mol. The molecular weight excluding hydrogens is 168 g/mol. The van der Waals surface area contributed by atoms with E-state index in [1.165, 1.54) is 5.92 Å². The fourth-order valence-corrected chi connectivity index (χ4v) is 4.00. The summed E-state index contributed by atoms with van der Waals surface area (Å²) in [6.45, 7) is 2.42. The Kier molecular flexibility index (Phi) is 2.34. The molecule has 3 aliphatic rings. The van der Waals surface area contributed by atoms with E-state index in [1.54, 1.807) is 51.4 Å². The summed E-state index contributed by atoms with van der Waals surface area (Å²) < 4.78 is 0. The lowest BCUT2D eigenvalue weighted by molar-refractivity contribution is 0.0907. The average molecular weight is 192 g/mol. The molecule has 3 rings (SSSR count). The highest BCUT2D eigenvalue weighted by Gasteiger charge is 2.38. The van der Waals surface area contributed by atoms with Gasteiger partial charge in [-0.05, 0) is 81.0 Å². The quantitative estimate of drug-likeness (QED) is 0.613. The van der Waals surface area contributed by atoms with Crippen LogP contribution in [-0.2, 0) is 0 Å². The SMILES string of the molecule is CC1CC(C2CCC(C3CC3)CC2)C1. The summed E-state index contributed by atoms with van der Waals surface area (Å²) in [5.74, 6) is 5.67. The first kappa shape index (κ1) is 9.24. The molecule has 0 spiro atoms. The van der Waals surface area contributed by atoms with Crippen LogP contribution in [0.4, 0.5) is 0 Å². The van der Waals surface area contributed by atoms with Gasteiger partial charge >= 0.3 is 0 Å². The van der Waals surface area contributed by atoms with Crippen molar-refractivity contribution in [3.63, 3.8) is 0 Å². The van der Waals surface area contributed by atoms with Gasteiger partial charge in [-0.2, -0.15) is 0 Å². The van der Waals surface area contributed by atoms with Crippen LogP contribution in [0, 0.1) is 29.6 Å². The molecule has 0 aromatic carbocycles. The van der Waals surface area contributed by atoms with E-state index in [4.69, 9.17) is 0 Å². The smallest absolute Gasteiger partial charge is 0.0381 e. The maximum absolute atomic E-state index is 2.42. The molecule has 0 aromatic rings. The van der Waals surface area contributed by atoms with Crippen molar-refractivity contribution in [1.29, 1.82) is 0 Å². The second kappa shape index (κ2) is 3.54. The second-order valence-electron chi connectivity index (χ2n) is 6.35. The fraction of sp³-hybridized carbons (Fsp3) is 1.00. The molecule has 0 nitrogen and oxygen atoms in total. The molecule has 0 heteroatoms. The van der Waals surface area contributed by atoms with Crippen molar-refractivity contribution in [3.8, 4) is 0 Å². The predicted molar refractivity (Wildman–Crippen MR) is 60.1 cm³/mol. The zero-order valence-electron chi connectivity index (χ0n) is 9.54. The first-order valence-electron chi connectivity index (χ1n) is 6.83. The zero-order chi connectivity index (χ0) is 9.54. The fourth-order valence-electron chi connectivity index (χ4n) is 4.00. The predicted octanol–water partition coefficient (Wildman–Crippen LogP) is 4.25. The summed E-state index contributed by atoms with van der Waals surface area (Å²) in [7, 11) is 0. The van der Waals surface area contributed by atoms with Crippen molar-refractivity contribution >= 4 is 0 Å². The van der Waals surface area contributed by atoms with Gasteiger partial charge in [-0.15, -0.1) is 0 Å². The summed E-state index contributed by atoms with van der Waals surface area (Å²) in [4.78, 5) is 0. The van der Waals surface area contributed by atoms with E-state index in [-0.39, 0.29) is 0 Å². The second-order valence-corrected chi connectivity index (χ2v) is 6.35. The molecule has 0 aromatic heterocycles. The molecule has 0 unspecified atom stereocenters. The van der Waals surface area contributed by atoms with E-state index in [0.29, 0.717) is 0 Å². The molecule has 3 fully saturated rings. The lowest BCUT2D eigenvalue weighted by Gasteiger charge is -2.42. The van der Waals surface area contributed by atoms with Crippen LogP contribution >= 0.6 is 0 Å². The average Bonchev–Trinajstić information content (AvgIpc) is 2.97. The minimum absolute atomic E-state index is 1.06. The van der Waals surface area contributed by atoms with Gasteiger partial charge in [-0.3, -0.25) is 0 Å². The Morgan fingerprint density at radius 1 is 0.571 bits per heavy atom. The lowest BCUT2D eigenvalue weighted by atomic mass is 9.64. The molecule has 3 aliphatic carbocycles. The van der Waals surface area contributed by atoms with Gasteiger partial charge in [0.25, 0.3) is 0 Å². The third-order valence-electron chi connectivity index (χ3n) is 5.18. The van der Waals surface area contributed by atoms with Gasteiger partial charge in [0, 0.05) is 0 Å². The van der Waals surface area contributed by atoms with E-state index in [1.807, 2.05) is 0 Å². The zero-order valence-corrected chi connectivity index (χ0v) is 9.54. The highest BCUT2D eigenvalue weighted by molar-refractivity contribution is 4.89. The van der Waals surface area contributed by atoms with Crippen LogP contribution in [0.1, 0.15) is 58.3 Å². The molecule has 14 heavy (non-hydrogen) atoms. The third-order valence-corrected chi connectivity index (χ3v) is 5.18. The van der Waals surface area contributed by atoms with E-state index < -0.39 is 0 Å². The van der Waals surface area contributed by atoms with E-state index in [2.05, 4.69) is 6.92 Å². The van der Waals surface area contributed by atoms with Gasteiger partial charge in [-0.25, -0.2) is 0 Å². The van der Waals surface area contributed by atoms with Gasteiger partial charge in [0.2, 0.25) is 0 Å². The van der Waals surface area contributed by atoms with Gasteiger partial charge in [0.1, 0.15) is 0 Å². The minimum atomic E-state index is 1.06. The molecule has 0 radical (unpaired) electrons. The lowest BCUT2D eigenvalue weighted by Crippen LogP contribution is -2.31. The van der Waals surface area contributed by atoms with Gasteiger partial charge in [0.15, 0.2) is 0 Å². The van der Waals surface area contributed by atoms with Gasteiger partial charge in [-0.1, -0.05) is 6.92 Å². The van der Waals surface area contributed by atoms with Crippen LogP contribution in [0.15, 0.2) is 0 Å². The topological polar surface area (TPSA) is 0 Å². The highest BCUT2D eigenvalue weighted by atomic mass is 14.4. The summed E-state index contributed by atoms with van der Waals surface area (Å²) in [5.41, 5.74) is 0. The van der Waals surface area contributed by atoms with Crippen LogP contribution in [0.3, 0.4) is 0 Å². The Hall–Kier alpha value is 0. The van der Waals surface area contributed by atoms with Crippen LogP contribution in [0.25, 0.3) is 0 Å². The van der Waals surface area contributed by atoms with Crippen LogP contribution in [0.5, 0.6) is 0 Å². The molecular formula is C14H24. The third kappa shape index (κ3) is 1.73. The van der Waals surface area contributed by atoms with Crippen molar-refractivity contribution in [2.75, 3.05) is 0 Å². The Bertz CT molecular complexity index is 190. The largest absolute Gasteiger partial charge is 0.0625 e. The van der Waals surface area contributed by atoms with E-state index in [9.17, 15) is 0 Å². The van der Waals surface area contributed by atoms with Crippen molar-refractivity contribution in [3.05, 3.63) is 0 Å². The molecule has 0 N–H and O–H groups in total. The molecule has 0 bridgehead atoms. The van der Waals surface area contributed by atoms with Gasteiger partial charge in [0.05, 0.1) is 0 Å². The van der Waals surface area contributed by atoms with E-state index in [0.717, 1.165) is 23.7 Å². The van der Waals surface area contributed by atoms with Crippen LogP contribution < -0.4 is 0 Å². The molecule has 0 amide bonds. The Labute approximate surface area is 88.5 Å². The first-order chi connectivity index (χ1) is 6.83. The molecule has 0 atom stereocenters. The minimum Gasteiger partial charge on any atom is -0.0625 e. The van der Waals surface area contributed by atoms with Gasteiger partial charge < -0.3 is 0 Å². The molecule has 3 saturated carbocycles. The molecule has 0 heterocycles. The van der Waals surface area contributed by atoms with Crippen molar-refractivity contribution in [1.82, 2.24) is 0 Å². The summed E-state index contributed by atoms with van der Waals surface area (Å²) in [6, 6.07) is 0. The Balaban J connectivity index is 1.45. The Morgan fingerprint density at radius 2 is 0.929 bits per heavy atom. The maximum Gasteiger partial charge on any atom is -0.0381 e. The summed E-state index contributed by atoms with van der Waals surface area (Å²) >= 11 is 0. The molecule has 80 valence electrons. The number of hydrogen-bond donors (Lipinski definition) is 0. The highest BCUT2D eigenvalue weighted by Crippen LogP contribution is 2.49. The Morgan fingerprint density at radius 3 is 1.29 bits per heavy atom. The summed E-state index contributed by atoms with van der Waals surface area (Å²) in [5, 5.41) is 0. The van der Waals surface area contributed by atoms with E-state index >= 15 is 0 Å². The van der Waals surface area contributed by atoms with Crippen molar-refractivity contribution in [2.45, 2.75) is 58.3 Å². The van der Waals surface area contributed by atoms with Crippen molar-refractivity contribution in [2.24, 2.45) is 29.6 Å². The molecule has 0 aliphatic heterocycles. The number of hydrogen-bond acceptors (Lipinski definition) is 0. The van der Waals surface area contributed by atoms with Crippen LogP contribution in [0.2, 0.25) is 0 Å². The standard InChI is InChI=1S/C14H24/c1-10-8-14(9-10)13-6-4-12(5-7-13)11-2-3-11/h10-14H,2-9H2,1H3. The first-order valence-corrected chi connectivity index (χ1v) is 6.83. The van der Waals surface area contributed by atoms with Crippen molar-refractivity contribution < 1.29 is 0 Å². The van der Waals surface area contributed by atoms with Crippen LogP contribution in [-0.4, -0.2) is 0 Å². The summed E-state index contributed by atoms with van der Waals surface area (Å²) in [6.07, 6.45) is 12.6. The maximum atomic E-state index is 2.42. The number of rotatable bonds is 2.